The Balaban J connectivity index is 2.00. The Labute approximate surface area is 162 Å². The molecule has 0 bridgehead atoms. The van der Waals surface area contributed by atoms with Gasteiger partial charge in [-0.15, -0.1) is 0 Å². The van der Waals surface area contributed by atoms with Crippen LogP contribution >= 0.6 is 11.6 Å². The first kappa shape index (κ1) is 17.5. The average molecular weight is 377 g/mol. The normalized spacial score (nSPS) is 11.0. The molecule has 0 aliphatic rings. The second-order valence-electron chi connectivity index (χ2n) is 6.59. The fourth-order valence-corrected chi connectivity index (χ4v) is 3.47. The van der Waals surface area contributed by atoms with Gasteiger partial charge in [0.05, 0.1) is 22.0 Å². The third kappa shape index (κ3) is 3.26. The molecule has 0 saturated carbocycles. The number of halogens is 2. The second-order valence-corrected chi connectivity index (χ2v) is 7.00. The molecule has 2 nitrogen and oxygen atoms in total. The minimum Gasteiger partial charge on any atom is -0.337 e. The molecule has 1 N–H and O–H groups in total. The molecule has 4 rings (SSSR count). The summed E-state index contributed by atoms with van der Waals surface area (Å²) in [5.41, 5.74) is 6.19. The topological polar surface area (TPSA) is 28.7 Å². The van der Waals surface area contributed by atoms with Crippen molar-refractivity contribution in [3.63, 3.8) is 0 Å². The zero-order chi connectivity index (χ0) is 19.0. The molecule has 0 fully saturated rings. The van der Waals surface area contributed by atoms with E-state index in [1.165, 1.54) is 6.07 Å². The lowest BCUT2D eigenvalue weighted by atomic mass is 9.99. The van der Waals surface area contributed by atoms with E-state index in [9.17, 15) is 4.39 Å². The standard InChI is InChI=1S/C23H18ClFN2/c1-14-11-12-15(2)17(13-14)22-21(16-7-4-3-5-8-16)26-23(27-22)20-18(24)9-6-10-19(20)25/h3-13H,1-2H3,(H,26,27). The SMILES string of the molecule is Cc1ccc(C)c(-c2[nH]c(-c3c(F)cccc3Cl)nc2-c2ccccc2)c1. The molecular weight excluding hydrogens is 359 g/mol. The number of nitrogens with one attached hydrogen (secondary N) is 1. The predicted molar refractivity (Wildman–Crippen MR) is 109 cm³/mol. The van der Waals surface area contributed by atoms with Crippen LogP contribution in [0.15, 0.2) is 66.7 Å². The number of hydrogen-bond donors (Lipinski definition) is 1. The Bertz CT molecular complexity index is 1100. The number of nitrogens with zero attached hydrogens (tertiary/aromatic N) is 1. The first-order valence-electron chi connectivity index (χ1n) is 8.72. The molecule has 1 heterocycles. The van der Waals surface area contributed by atoms with Crippen molar-refractivity contribution in [2.75, 3.05) is 0 Å². The highest BCUT2D eigenvalue weighted by Gasteiger charge is 2.20. The smallest absolute Gasteiger partial charge is 0.143 e. The van der Waals surface area contributed by atoms with Crippen LogP contribution in [0.1, 0.15) is 11.1 Å². The summed E-state index contributed by atoms with van der Waals surface area (Å²) in [6, 6.07) is 20.8. The fourth-order valence-electron chi connectivity index (χ4n) is 3.22. The third-order valence-corrected chi connectivity index (χ3v) is 4.93. The maximum absolute atomic E-state index is 14.5. The molecule has 0 radical (unpaired) electrons. The number of aromatic amines is 1. The van der Waals surface area contributed by atoms with Crippen molar-refractivity contribution in [3.8, 4) is 33.9 Å². The number of rotatable bonds is 3. The minimum absolute atomic E-state index is 0.285. The minimum atomic E-state index is -0.400. The first-order chi connectivity index (χ1) is 13.0. The van der Waals surface area contributed by atoms with E-state index in [1.807, 2.05) is 30.3 Å². The second kappa shape index (κ2) is 7.01. The molecule has 0 aliphatic heterocycles. The van der Waals surface area contributed by atoms with E-state index in [0.29, 0.717) is 10.8 Å². The largest absolute Gasteiger partial charge is 0.337 e. The number of imidazole rings is 1. The predicted octanol–water partition coefficient (Wildman–Crippen LogP) is 6.82. The van der Waals surface area contributed by atoms with E-state index in [-0.39, 0.29) is 5.56 Å². The van der Waals surface area contributed by atoms with E-state index in [1.54, 1.807) is 12.1 Å². The summed E-state index contributed by atoms with van der Waals surface area (Å²) < 4.78 is 14.5. The monoisotopic (exact) mass is 376 g/mol. The van der Waals surface area contributed by atoms with Crippen LogP contribution in [-0.4, -0.2) is 9.97 Å². The summed E-state index contributed by atoms with van der Waals surface area (Å²) in [5, 5.41) is 0.330. The van der Waals surface area contributed by atoms with Gasteiger partial charge in [-0.3, -0.25) is 0 Å². The summed E-state index contributed by atoms with van der Waals surface area (Å²) in [6.07, 6.45) is 0. The lowest BCUT2D eigenvalue weighted by molar-refractivity contribution is 0.630. The van der Waals surface area contributed by atoms with Crippen molar-refractivity contribution >= 4 is 11.6 Å². The Morgan fingerprint density at radius 3 is 2.44 bits per heavy atom. The van der Waals surface area contributed by atoms with Crippen molar-refractivity contribution in [1.82, 2.24) is 9.97 Å². The highest BCUT2D eigenvalue weighted by molar-refractivity contribution is 6.33. The molecule has 0 aliphatic carbocycles. The Hall–Kier alpha value is -2.91. The van der Waals surface area contributed by atoms with Gasteiger partial charge in [-0.2, -0.15) is 0 Å². The number of H-pyrrole nitrogens is 1. The van der Waals surface area contributed by atoms with Gasteiger partial charge in [-0.1, -0.05) is 65.7 Å². The molecule has 1 aromatic heterocycles. The highest BCUT2D eigenvalue weighted by Crippen LogP contribution is 2.37. The maximum Gasteiger partial charge on any atom is 0.143 e. The maximum atomic E-state index is 14.5. The molecule has 0 spiro atoms. The number of aryl methyl sites for hydroxylation is 2. The van der Waals surface area contributed by atoms with Crippen LogP contribution in [0, 0.1) is 19.7 Å². The summed E-state index contributed by atoms with van der Waals surface area (Å²) in [5.74, 6) is 0.0243. The van der Waals surface area contributed by atoms with Gasteiger partial charge in [0.15, 0.2) is 0 Å². The van der Waals surface area contributed by atoms with Crippen molar-refractivity contribution < 1.29 is 4.39 Å². The molecule has 134 valence electrons. The third-order valence-electron chi connectivity index (χ3n) is 4.61. The van der Waals surface area contributed by atoms with Gasteiger partial charge in [-0.05, 0) is 37.6 Å². The van der Waals surface area contributed by atoms with Gasteiger partial charge in [-0.25, -0.2) is 9.37 Å². The molecular formula is C23H18ClFN2. The van der Waals surface area contributed by atoms with E-state index in [2.05, 4.69) is 37.0 Å². The molecule has 3 aromatic carbocycles. The van der Waals surface area contributed by atoms with Gasteiger partial charge in [0.2, 0.25) is 0 Å². The van der Waals surface area contributed by atoms with Crippen LogP contribution in [0.4, 0.5) is 4.39 Å². The van der Waals surface area contributed by atoms with Crippen LogP contribution in [0.2, 0.25) is 5.02 Å². The number of hydrogen-bond acceptors (Lipinski definition) is 1. The molecule has 27 heavy (non-hydrogen) atoms. The molecule has 4 aromatic rings. The van der Waals surface area contributed by atoms with E-state index in [0.717, 1.165) is 33.6 Å². The summed E-state index contributed by atoms with van der Waals surface area (Å²) in [6.45, 7) is 4.11. The quantitative estimate of drug-likeness (QED) is 0.417. The van der Waals surface area contributed by atoms with Crippen LogP contribution in [0.5, 0.6) is 0 Å². The highest BCUT2D eigenvalue weighted by atomic mass is 35.5. The van der Waals surface area contributed by atoms with Gasteiger partial charge in [0.25, 0.3) is 0 Å². The summed E-state index contributed by atoms with van der Waals surface area (Å²) in [4.78, 5) is 8.07. The van der Waals surface area contributed by atoms with Crippen LogP contribution in [0.25, 0.3) is 33.9 Å². The summed E-state index contributed by atoms with van der Waals surface area (Å²) in [7, 11) is 0. The van der Waals surface area contributed by atoms with Gasteiger partial charge >= 0.3 is 0 Å². The van der Waals surface area contributed by atoms with E-state index in [4.69, 9.17) is 16.6 Å². The number of aromatic nitrogens is 2. The zero-order valence-electron chi connectivity index (χ0n) is 15.1. The first-order valence-corrected chi connectivity index (χ1v) is 9.10. The average Bonchev–Trinajstić information content (AvgIpc) is 3.09. The molecule has 0 atom stereocenters. The van der Waals surface area contributed by atoms with E-state index >= 15 is 0 Å². The van der Waals surface area contributed by atoms with Crippen LogP contribution in [-0.2, 0) is 0 Å². The lowest BCUT2D eigenvalue weighted by Gasteiger charge is -2.08. The number of benzene rings is 3. The molecule has 0 saturated heterocycles. The van der Waals surface area contributed by atoms with Crippen molar-refractivity contribution in [2.45, 2.75) is 13.8 Å². The van der Waals surface area contributed by atoms with Crippen molar-refractivity contribution in [1.29, 1.82) is 0 Å². The van der Waals surface area contributed by atoms with Gasteiger partial charge < -0.3 is 4.98 Å². The Kier molecular flexibility index (Phi) is 4.54. The van der Waals surface area contributed by atoms with Gasteiger partial charge in [0.1, 0.15) is 11.6 Å². The molecule has 0 unspecified atom stereocenters. The fraction of sp³-hybridized carbons (Fsp3) is 0.0870. The van der Waals surface area contributed by atoms with Crippen molar-refractivity contribution in [3.05, 3.63) is 88.7 Å². The van der Waals surface area contributed by atoms with Crippen molar-refractivity contribution in [2.24, 2.45) is 0 Å². The van der Waals surface area contributed by atoms with Crippen LogP contribution < -0.4 is 0 Å². The molecule has 0 amide bonds. The summed E-state index contributed by atoms with van der Waals surface area (Å²) >= 11 is 6.27. The van der Waals surface area contributed by atoms with Crippen LogP contribution in [0.3, 0.4) is 0 Å². The zero-order valence-corrected chi connectivity index (χ0v) is 15.8. The molecule has 4 heteroatoms. The van der Waals surface area contributed by atoms with Gasteiger partial charge in [0, 0.05) is 11.1 Å². The Morgan fingerprint density at radius 1 is 0.926 bits per heavy atom. The van der Waals surface area contributed by atoms with E-state index < -0.39 is 5.82 Å². The lowest BCUT2D eigenvalue weighted by Crippen LogP contribution is -1.89. The Morgan fingerprint density at radius 2 is 1.70 bits per heavy atom.